The summed E-state index contributed by atoms with van der Waals surface area (Å²) in [6.07, 6.45) is 16.9. The van der Waals surface area contributed by atoms with Crippen molar-refractivity contribution in [2.24, 2.45) is 11.8 Å². The SMILES string of the molecule is C=Cc1ccc(C2(C3=C(C)C(C)CC(C)=C3)c3ccccc3-c3ccc(N(c4ccccc4)c4ccc(-c5ccc(N(c6ccccc6)c6ccc7c(c6)C(c6ccc(C=C)cc6)(c6cc(C)ccc6C)C6C=CC=CC76C)cc5)cc4)cc32)cc1. The van der Waals surface area contributed by atoms with E-state index in [4.69, 9.17) is 0 Å². The zero-order valence-corrected chi connectivity index (χ0v) is 50.2. The average molecular weight is 1110 g/mol. The molecule has 14 rings (SSSR count). The van der Waals surface area contributed by atoms with Crippen LogP contribution < -0.4 is 9.80 Å². The van der Waals surface area contributed by atoms with E-state index in [1.54, 1.807) is 0 Å². The van der Waals surface area contributed by atoms with Crippen molar-refractivity contribution in [1.29, 1.82) is 0 Å². The van der Waals surface area contributed by atoms with Crippen LogP contribution in [0.5, 0.6) is 0 Å². The van der Waals surface area contributed by atoms with Crippen molar-refractivity contribution >= 4 is 46.3 Å². The second kappa shape index (κ2) is 21.4. The molecular weight excluding hydrogens is 1040 g/mol. The Morgan fingerprint density at radius 2 is 0.977 bits per heavy atom. The molecule has 5 atom stereocenters. The van der Waals surface area contributed by atoms with E-state index in [2.05, 4.69) is 331 Å². The molecule has 2 heteroatoms. The highest BCUT2D eigenvalue weighted by Gasteiger charge is 2.59. The Bertz CT molecular complexity index is 4400. The van der Waals surface area contributed by atoms with E-state index in [-0.39, 0.29) is 11.3 Å². The third-order valence-corrected chi connectivity index (χ3v) is 19.7. The Balaban J connectivity index is 0.863. The fraction of sp³-hybridized carbons (Fsp3) is 0.143. The normalized spacial score (nSPS) is 20.6. The molecule has 0 radical (unpaired) electrons. The second-order valence-electron chi connectivity index (χ2n) is 24.7. The third kappa shape index (κ3) is 8.52. The van der Waals surface area contributed by atoms with Gasteiger partial charge in [-0.2, -0.15) is 0 Å². The highest BCUT2D eigenvalue weighted by atomic mass is 15.1. The van der Waals surface area contributed by atoms with Gasteiger partial charge in [-0.3, -0.25) is 0 Å². The van der Waals surface area contributed by atoms with Crippen molar-refractivity contribution in [2.75, 3.05) is 9.80 Å². The molecule has 2 nitrogen and oxygen atoms in total. The lowest BCUT2D eigenvalue weighted by atomic mass is 9.59. The summed E-state index contributed by atoms with van der Waals surface area (Å²) in [7, 11) is 0. The summed E-state index contributed by atoms with van der Waals surface area (Å²) in [5.41, 5.74) is 28.4. The van der Waals surface area contributed by atoms with Gasteiger partial charge in [-0.25, -0.2) is 0 Å². The lowest BCUT2D eigenvalue weighted by molar-refractivity contribution is 0.365. The van der Waals surface area contributed by atoms with Gasteiger partial charge in [-0.05, 0) is 196 Å². The number of rotatable bonds is 13. The fourth-order valence-corrected chi connectivity index (χ4v) is 15.5. The first kappa shape index (κ1) is 54.2. The van der Waals surface area contributed by atoms with Gasteiger partial charge in [0.2, 0.25) is 0 Å². The Morgan fingerprint density at radius 1 is 0.453 bits per heavy atom. The molecule has 0 spiro atoms. The molecule has 0 saturated carbocycles. The molecule has 4 aliphatic rings. The zero-order valence-electron chi connectivity index (χ0n) is 50.2. The van der Waals surface area contributed by atoms with Crippen molar-refractivity contribution < 1.29 is 0 Å². The number of allylic oxidation sites excluding steroid dienone is 8. The van der Waals surface area contributed by atoms with Crippen LogP contribution in [0.1, 0.15) is 95.3 Å². The average Bonchev–Trinajstić information content (AvgIpc) is 1.53. The van der Waals surface area contributed by atoms with Gasteiger partial charge in [-0.1, -0.05) is 250 Å². The highest BCUT2D eigenvalue weighted by molar-refractivity contribution is 5.91. The summed E-state index contributed by atoms with van der Waals surface area (Å²) in [5.74, 6) is 0.556. The van der Waals surface area contributed by atoms with Crippen LogP contribution >= 0.6 is 0 Å². The van der Waals surface area contributed by atoms with Crippen LogP contribution in [-0.2, 0) is 16.2 Å². The molecule has 10 aromatic carbocycles. The molecule has 0 aromatic heterocycles. The minimum atomic E-state index is -0.536. The molecule has 0 bridgehead atoms. The van der Waals surface area contributed by atoms with E-state index in [9.17, 15) is 0 Å². The summed E-state index contributed by atoms with van der Waals surface area (Å²) in [4.78, 5) is 4.86. The van der Waals surface area contributed by atoms with Crippen LogP contribution in [0, 0.1) is 25.7 Å². The fourth-order valence-electron chi connectivity index (χ4n) is 15.5. The van der Waals surface area contributed by atoms with E-state index in [1.165, 1.54) is 77.9 Å². The predicted molar refractivity (Wildman–Crippen MR) is 365 cm³/mol. The number of nitrogens with zero attached hydrogens (tertiary/aromatic N) is 2. The predicted octanol–water partition coefficient (Wildman–Crippen LogP) is 22.2. The summed E-state index contributed by atoms with van der Waals surface area (Å²) in [5, 5.41) is 0. The molecule has 418 valence electrons. The Labute approximate surface area is 509 Å². The molecule has 0 N–H and O–H groups in total. The van der Waals surface area contributed by atoms with Gasteiger partial charge in [0.1, 0.15) is 0 Å². The summed E-state index contributed by atoms with van der Waals surface area (Å²) in [6, 6.07) is 88.9. The van der Waals surface area contributed by atoms with Crippen LogP contribution in [0.3, 0.4) is 0 Å². The largest absolute Gasteiger partial charge is 0.310 e. The minimum absolute atomic E-state index is 0.132. The lowest BCUT2D eigenvalue weighted by Gasteiger charge is -2.43. The first-order valence-electron chi connectivity index (χ1n) is 30.5. The second-order valence-corrected chi connectivity index (χ2v) is 24.7. The van der Waals surface area contributed by atoms with Gasteiger partial charge < -0.3 is 9.80 Å². The van der Waals surface area contributed by atoms with Crippen molar-refractivity contribution in [1.82, 2.24) is 0 Å². The maximum atomic E-state index is 4.13. The van der Waals surface area contributed by atoms with E-state index in [0.29, 0.717) is 5.92 Å². The Morgan fingerprint density at radius 3 is 1.58 bits per heavy atom. The maximum Gasteiger partial charge on any atom is 0.0713 e. The number of hydrogen-bond donors (Lipinski definition) is 0. The van der Waals surface area contributed by atoms with E-state index < -0.39 is 10.8 Å². The number of anilines is 6. The highest BCUT2D eigenvalue weighted by Crippen LogP contribution is 2.64. The molecule has 5 unspecified atom stereocenters. The number of benzene rings is 10. The molecule has 0 fully saturated rings. The monoisotopic (exact) mass is 1110 g/mol. The van der Waals surface area contributed by atoms with Crippen LogP contribution in [0.25, 0.3) is 34.4 Å². The Kier molecular flexibility index (Phi) is 13.5. The molecule has 10 aromatic rings. The number of aryl methyl sites for hydroxylation is 2. The van der Waals surface area contributed by atoms with Crippen molar-refractivity contribution in [2.45, 2.75) is 64.2 Å². The number of fused-ring (bicyclic) bond motifs is 6. The summed E-state index contributed by atoms with van der Waals surface area (Å²) >= 11 is 0. The lowest BCUT2D eigenvalue weighted by Crippen LogP contribution is -2.40. The summed E-state index contributed by atoms with van der Waals surface area (Å²) in [6.45, 7) is 22.3. The minimum Gasteiger partial charge on any atom is -0.310 e. The molecule has 86 heavy (non-hydrogen) atoms. The summed E-state index contributed by atoms with van der Waals surface area (Å²) < 4.78 is 0. The molecule has 0 saturated heterocycles. The molecule has 0 heterocycles. The van der Waals surface area contributed by atoms with Crippen molar-refractivity contribution in [3.05, 3.63) is 358 Å². The smallest absolute Gasteiger partial charge is 0.0713 e. The van der Waals surface area contributed by atoms with E-state index in [0.717, 1.165) is 62.8 Å². The molecular formula is C84H72N2. The van der Waals surface area contributed by atoms with E-state index >= 15 is 0 Å². The Hall–Kier alpha value is -9.76. The van der Waals surface area contributed by atoms with Crippen LogP contribution in [-0.4, -0.2) is 0 Å². The first-order valence-corrected chi connectivity index (χ1v) is 30.5. The van der Waals surface area contributed by atoms with Crippen LogP contribution in [0.2, 0.25) is 0 Å². The van der Waals surface area contributed by atoms with Gasteiger partial charge in [0.05, 0.1) is 10.8 Å². The van der Waals surface area contributed by atoms with Crippen LogP contribution in [0.4, 0.5) is 34.1 Å². The number of hydrogen-bond acceptors (Lipinski definition) is 2. The molecule has 0 aliphatic heterocycles. The number of para-hydroxylation sites is 2. The standard InChI is InChI=1S/C84H72N2/c1-9-61-30-38-65(39-31-61)83(78-53-57(4)51-59(6)60(78)7)75-26-18-17-25-73(75)74-48-46-71(54-79(74)83)85(67-21-13-11-14-22-67)69-42-34-63(35-43-69)64-36-44-70(45-37-64)86(68-23-15-12-16-24-68)72-47-49-76-80(55-72)84(66-40-32-62(10-2)33-41-66,77-52-56(3)28-29-58(77)5)81-27-19-20-50-82(76,81)8/h9-50,52-55,59,81H,1-2,51H2,3-8H3. The van der Waals surface area contributed by atoms with Crippen molar-refractivity contribution in [3.8, 4) is 22.3 Å². The van der Waals surface area contributed by atoms with Gasteiger partial charge in [0.15, 0.2) is 0 Å². The van der Waals surface area contributed by atoms with Gasteiger partial charge >= 0.3 is 0 Å². The van der Waals surface area contributed by atoms with E-state index in [1.807, 2.05) is 12.2 Å². The zero-order chi connectivity index (χ0) is 58.9. The quantitative estimate of drug-likeness (QED) is 0.114. The topological polar surface area (TPSA) is 6.48 Å². The first-order chi connectivity index (χ1) is 41.9. The van der Waals surface area contributed by atoms with Crippen molar-refractivity contribution in [3.63, 3.8) is 0 Å². The van der Waals surface area contributed by atoms with Gasteiger partial charge in [0.25, 0.3) is 0 Å². The van der Waals surface area contributed by atoms with Crippen LogP contribution in [0.15, 0.2) is 297 Å². The maximum absolute atomic E-state index is 4.13. The third-order valence-electron chi connectivity index (χ3n) is 19.7. The molecule has 0 amide bonds. The van der Waals surface area contributed by atoms with Gasteiger partial charge in [-0.15, -0.1) is 0 Å². The van der Waals surface area contributed by atoms with Gasteiger partial charge in [0, 0.05) is 45.5 Å². The molecule has 4 aliphatic carbocycles.